The van der Waals surface area contributed by atoms with Crippen molar-refractivity contribution in [1.82, 2.24) is 4.90 Å². The Morgan fingerprint density at radius 1 is 1.26 bits per heavy atom. The van der Waals surface area contributed by atoms with E-state index in [1.807, 2.05) is 4.90 Å². The molecule has 1 aliphatic rings. The predicted octanol–water partition coefficient (Wildman–Crippen LogP) is 3.18. The van der Waals surface area contributed by atoms with Gasteiger partial charge in [0.15, 0.2) is 0 Å². The first-order valence-corrected chi connectivity index (χ1v) is 8.04. The summed E-state index contributed by atoms with van der Waals surface area (Å²) in [5, 5.41) is 0. The lowest BCUT2D eigenvalue weighted by atomic mass is 9.71. The standard InChI is InChI=1S/C16H32N2O/c1-4-14(3)12-18(5-2)15(19)11-16(13-17)9-7-6-8-10-16/h14H,4-13,17H2,1-3H3. The van der Waals surface area contributed by atoms with Crippen LogP contribution in [0.15, 0.2) is 0 Å². The Bertz CT molecular complexity index is 272. The number of amides is 1. The Morgan fingerprint density at radius 3 is 2.37 bits per heavy atom. The summed E-state index contributed by atoms with van der Waals surface area (Å²) in [6, 6.07) is 0. The summed E-state index contributed by atoms with van der Waals surface area (Å²) in [5.41, 5.74) is 6.08. The molecule has 0 aromatic carbocycles. The first-order valence-electron chi connectivity index (χ1n) is 8.04. The second-order valence-corrected chi connectivity index (χ2v) is 6.39. The summed E-state index contributed by atoms with van der Waals surface area (Å²) >= 11 is 0. The molecule has 1 aliphatic carbocycles. The second-order valence-electron chi connectivity index (χ2n) is 6.39. The minimum Gasteiger partial charge on any atom is -0.343 e. The molecule has 112 valence electrons. The third-order valence-corrected chi connectivity index (χ3v) is 4.84. The molecule has 2 N–H and O–H groups in total. The van der Waals surface area contributed by atoms with E-state index in [9.17, 15) is 4.79 Å². The van der Waals surface area contributed by atoms with Crippen LogP contribution in [0.2, 0.25) is 0 Å². The van der Waals surface area contributed by atoms with Crippen molar-refractivity contribution in [2.75, 3.05) is 19.6 Å². The van der Waals surface area contributed by atoms with Gasteiger partial charge in [0, 0.05) is 19.5 Å². The first-order chi connectivity index (χ1) is 9.06. The van der Waals surface area contributed by atoms with Gasteiger partial charge in [0.1, 0.15) is 0 Å². The van der Waals surface area contributed by atoms with Gasteiger partial charge in [0.2, 0.25) is 5.91 Å². The molecule has 1 rings (SSSR count). The Kier molecular flexibility index (Phi) is 6.84. The van der Waals surface area contributed by atoms with E-state index in [0.717, 1.165) is 32.4 Å². The number of carbonyl (C=O) groups is 1. The van der Waals surface area contributed by atoms with Crippen molar-refractivity contribution in [3.05, 3.63) is 0 Å². The van der Waals surface area contributed by atoms with Gasteiger partial charge in [0.05, 0.1) is 0 Å². The van der Waals surface area contributed by atoms with Crippen LogP contribution < -0.4 is 5.73 Å². The van der Waals surface area contributed by atoms with Crippen molar-refractivity contribution in [2.45, 2.75) is 65.7 Å². The monoisotopic (exact) mass is 268 g/mol. The Balaban J connectivity index is 2.59. The molecule has 1 unspecified atom stereocenters. The number of hydrogen-bond acceptors (Lipinski definition) is 2. The maximum Gasteiger partial charge on any atom is 0.223 e. The molecule has 1 fully saturated rings. The summed E-state index contributed by atoms with van der Waals surface area (Å²) in [6.45, 7) is 8.87. The van der Waals surface area contributed by atoms with E-state index in [-0.39, 0.29) is 5.41 Å². The summed E-state index contributed by atoms with van der Waals surface area (Å²) in [4.78, 5) is 14.6. The molecule has 0 bridgehead atoms. The van der Waals surface area contributed by atoms with Gasteiger partial charge in [0.25, 0.3) is 0 Å². The summed E-state index contributed by atoms with van der Waals surface area (Å²) < 4.78 is 0. The quantitative estimate of drug-likeness (QED) is 0.771. The molecule has 0 radical (unpaired) electrons. The van der Waals surface area contributed by atoms with E-state index in [1.54, 1.807) is 0 Å². The number of nitrogens with two attached hydrogens (primary N) is 1. The number of carbonyl (C=O) groups excluding carboxylic acids is 1. The number of hydrogen-bond donors (Lipinski definition) is 1. The van der Waals surface area contributed by atoms with Crippen molar-refractivity contribution < 1.29 is 4.79 Å². The van der Waals surface area contributed by atoms with Gasteiger partial charge in [-0.25, -0.2) is 0 Å². The Hall–Kier alpha value is -0.570. The molecule has 1 saturated carbocycles. The average Bonchev–Trinajstić information content (AvgIpc) is 2.45. The van der Waals surface area contributed by atoms with E-state index in [0.29, 0.717) is 24.8 Å². The van der Waals surface area contributed by atoms with Crippen LogP contribution in [0.3, 0.4) is 0 Å². The van der Waals surface area contributed by atoms with E-state index >= 15 is 0 Å². The highest BCUT2D eigenvalue weighted by molar-refractivity contribution is 5.77. The predicted molar refractivity (Wildman–Crippen MR) is 80.9 cm³/mol. The van der Waals surface area contributed by atoms with Crippen LogP contribution in [-0.4, -0.2) is 30.4 Å². The van der Waals surface area contributed by atoms with Crippen molar-refractivity contribution in [2.24, 2.45) is 17.1 Å². The van der Waals surface area contributed by atoms with Crippen LogP contribution in [0.4, 0.5) is 0 Å². The van der Waals surface area contributed by atoms with E-state index in [2.05, 4.69) is 20.8 Å². The van der Waals surface area contributed by atoms with Gasteiger partial charge < -0.3 is 10.6 Å². The topological polar surface area (TPSA) is 46.3 Å². The van der Waals surface area contributed by atoms with Crippen molar-refractivity contribution in [3.8, 4) is 0 Å². The SMILES string of the molecule is CCC(C)CN(CC)C(=O)CC1(CN)CCCCC1. The largest absolute Gasteiger partial charge is 0.343 e. The molecule has 19 heavy (non-hydrogen) atoms. The third-order valence-electron chi connectivity index (χ3n) is 4.84. The Morgan fingerprint density at radius 2 is 1.89 bits per heavy atom. The summed E-state index contributed by atoms with van der Waals surface area (Å²) in [7, 11) is 0. The highest BCUT2D eigenvalue weighted by atomic mass is 16.2. The van der Waals surface area contributed by atoms with E-state index < -0.39 is 0 Å². The number of rotatable bonds is 7. The van der Waals surface area contributed by atoms with Crippen LogP contribution in [-0.2, 0) is 4.79 Å². The van der Waals surface area contributed by atoms with Gasteiger partial charge in [-0.2, -0.15) is 0 Å². The molecule has 1 atom stereocenters. The van der Waals surface area contributed by atoms with Crippen LogP contribution in [0, 0.1) is 11.3 Å². The van der Waals surface area contributed by atoms with Gasteiger partial charge in [-0.15, -0.1) is 0 Å². The Labute approximate surface area is 118 Å². The van der Waals surface area contributed by atoms with Gasteiger partial charge in [-0.1, -0.05) is 39.5 Å². The molecule has 1 amide bonds. The van der Waals surface area contributed by atoms with Gasteiger partial charge in [-0.05, 0) is 37.6 Å². The van der Waals surface area contributed by atoms with Crippen molar-refractivity contribution in [1.29, 1.82) is 0 Å². The lowest BCUT2D eigenvalue weighted by Gasteiger charge is -2.37. The summed E-state index contributed by atoms with van der Waals surface area (Å²) in [6.07, 6.45) is 7.84. The van der Waals surface area contributed by atoms with E-state index in [4.69, 9.17) is 5.73 Å². The lowest BCUT2D eigenvalue weighted by molar-refractivity contribution is -0.134. The maximum absolute atomic E-state index is 12.5. The average molecular weight is 268 g/mol. The normalized spacial score (nSPS) is 20.0. The van der Waals surface area contributed by atoms with E-state index in [1.165, 1.54) is 19.3 Å². The molecule has 3 heteroatoms. The fraction of sp³-hybridized carbons (Fsp3) is 0.938. The second kappa shape index (κ2) is 7.88. The molecule has 0 aliphatic heterocycles. The third kappa shape index (κ3) is 4.79. The smallest absolute Gasteiger partial charge is 0.223 e. The van der Waals surface area contributed by atoms with Crippen molar-refractivity contribution >= 4 is 5.91 Å². The van der Waals surface area contributed by atoms with Crippen molar-refractivity contribution in [3.63, 3.8) is 0 Å². The fourth-order valence-corrected chi connectivity index (χ4v) is 3.10. The molecule has 0 spiro atoms. The maximum atomic E-state index is 12.5. The molecular weight excluding hydrogens is 236 g/mol. The van der Waals surface area contributed by atoms with Crippen LogP contribution in [0.1, 0.15) is 65.7 Å². The van der Waals surface area contributed by atoms with Gasteiger partial charge >= 0.3 is 0 Å². The van der Waals surface area contributed by atoms with Crippen LogP contribution in [0.5, 0.6) is 0 Å². The zero-order valence-electron chi connectivity index (χ0n) is 13.1. The highest BCUT2D eigenvalue weighted by Gasteiger charge is 2.34. The first kappa shape index (κ1) is 16.5. The lowest BCUT2D eigenvalue weighted by Crippen LogP contribution is -2.41. The molecule has 0 aromatic rings. The minimum atomic E-state index is 0.0954. The fourth-order valence-electron chi connectivity index (χ4n) is 3.10. The van der Waals surface area contributed by atoms with Crippen LogP contribution >= 0.6 is 0 Å². The molecule has 3 nitrogen and oxygen atoms in total. The minimum absolute atomic E-state index is 0.0954. The zero-order valence-corrected chi connectivity index (χ0v) is 13.1. The molecule has 0 aromatic heterocycles. The zero-order chi connectivity index (χ0) is 14.3. The number of nitrogens with zero attached hydrogens (tertiary/aromatic N) is 1. The van der Waals surface area contributed by atoms with Crippen LogP contribution in [0.25, 0.3) is 0 Å². The molecule has 0 heterocycles. The molecular formula is C16H32N2O. The highest BCUT2D eigenvalue weighted by Crippen LogP contribution is 2.38. The van der Waals surface area contributed by atoms with Gasteiger partial charge in [-0.3, -0.25) is 4.79 Å². The molecule has 0 saturated heterocycles. The summed E-state index contributed by atoms with van der Waals surface area (Å²) in [5.74, 6) is 0.902.